The number of benzene rings is 1. The minimum Gasteiger partial charge on any atom is -0.493 e. The van der Waals surface area contributed by atoms with E-state index in [0.717, 1.165) is 44.3 Å². The van der Waals surface area contributed by atoms with Crippen molar-refractivity contribution in [2.24, 2.45) is 5.92 Å². The van der Waals surface area contributed by atoms with Gasteiger partial charge >= 0.3 is 0 Å². The first kappa shape index (κ1) is 21.5. The number of rotatable bonds is 4. The van der Waals surface area contributed by atoms with Crippen molar-refractivity contribution in [3.63, 3.8) is 0 Å². The molecule has 0 aromatic heterocycles. The first-order chi connectivity index (χ1) is 15.2. The monoisotopic (exact) mass is 428 g/mol. The van der Waals surface area contributed by atoms with Gasteiger partial charge in [-0.3, -0.25) is 9.59 Å². The number of fused-ring (bicyclic) bond motifs is 1. The van der Waals surface area contributed by atoms with Crippen molar-refractivity contribution in [2.75, 3.05) is 46.5 Å². The van der Waals surface area contributed by atoms with Gasteiger partial charge in [0.25, 0.3) is 0 Å². The first-order valence-corrected chi connectivity index (χ1v) is 11.4. The average Bonchev–Trinajstić information content (AvgIpc) is 3.11. The third kappa shape index (κ3) is 5.14. The molecule has 0 radical (unpaired) electrons. The fourth-order valence-electron chi connectivity index (χ4n) is 4.56. The lowest BCUT2D eigenvalue weighted by molar-refractivity contribution is -0.139. The Morgan fingerprint density at radius 3 is 2.39 bits per heavy atom. The van der Waals surface area contributed by atoms with Gasteiger partial charge in [0.2, 0.25) is 17.6 Å². The highest BCUT2D eigenvalue weighted by Gasteiger charge is 2.30. The highest BCUT2D eigenvalue weighted by atomic mass is 16.6. The van der Waals surface area contributed by atoms with Crippen LogP contribution in [0.1, 0.15) is 44.1 Å². The molecule has 3 aliphatic rings. The van der Waals surface area contributed by atoms with Gasteiger partial charge in [0, 0.05) is 38.2 Å². The number of hydrogen-bond donors (Lipinski definition) is 0. The molecule has 1 aromatic rings. The van der Waals surface area contributed by atoms with Crippen LogP contribution >= 0.6 is 0 Å². The Balaban J connectivity index is 1.33. The van der Waals surface area contributed by atoms with Crippen molar-refractivity contribution in [3.8, 4) is 17.2 Å². The fraction of sp³-hybridized carbons (Fsp3) is 0.583. The Bertz CT molecular complexity index is 804. The van der Waals surface area contributed by atoms with Crippen LogP contribution in [0.4, 0.5) is 0 Å². The van der Waals surface area contributed by atoms with Gasteiger partial charge in [0.05, 0.1) is 7.11 Å². The first-order valence-electron chi connectivity index (χ1n) is 11.4. The highest BCUT2D eigenvalue weighted by molar-refractivity contribution is 5.92. The molecule has 0 saturated carbocycles. The van der Waals surface area contributed by atoms with Crippen LogP contribution in [-0.4, -0.2) is 68.1 Å². The van der Waals surface area contributed by atoms with Crippen molar-refractivity contribution in [3.05, 3.63) is 23.8 Å². The predicted molar refractivity (Wildman–Crippen MR) is 117 cm³/mol. The molecule has 0 N–H and O–H groups in total. The molecule has 2 saturated heterocycles. The highest BCUT2D eigenvalue weighted by Crippen LogP contribution is 2.40. The quantitative estimate of drug-likeness (QED) is 0.690. The van der Waals surface area contributed by atoms with E-state index in [4.69, 9.17) is 14.2 Å². The molecule has 0 atom stereocenters. The lowest BCUT2D eigenvalue weighted by Crippen LogP contribution is -2.44. The topological polar surface area (TPSA) is 68.3 Å². The van der Waals surface area contributed by atoms with Crippen molar-refractivity contribution < 1.29 is 23.8 Å². The van der Waals surface area contributed by atoms with Gasteiger partial charge in [-0.15, -0.1) is 0 Å². The van der Waals surface area contributed by atoms with E-state index < -0.39 is 0 Å². The molecule has 0 bridgehead atoms. The molecule has 31 heavy (non-hydrogen) atoms. The van der Waals surface area contributed by atoms with E-state index in [1.165, 1.54) is 12.8 Å². The van der Waals surface area contributed by atoms with Crippen LogP contribution in [0.5, 0.6) is 17.2 Å². The zero-order chi connectivity index (χ0) is 21.6. The smallest absolute Gasteiger partial charge is 0.246 e. The normalized spacial score (nSPS) is 19.9. The second kappa shape index (κ2) is 10.1. The van der Waals surface area contributed by atoms with Gasteiger partial charge in [-0.2, -0.15) is 0 Å². The summed E-state index contributed by atoms with van der Waals surface area (Å²) in [6.07, 6.45) is 9.51. The van der Waals surface area contributed by atoms with Crippen LogP contribution in [0.25, 0.3) is 6.08 Å². The average molecular weight is 429 g/mol. The van der Waals surface area contributed by atoms with E-state index in [2.05, 4.69) is 0 Å². The van der Waals surface area contributed by atoms with Crippen molar-refractivity contribution in [1.29, 1.82) is 0 Å². The molecule has 4 rings (SSSR count). The maximum absolute atomic E-state index is 12.8. The number of amides is 2. The van der Waals surface area contributed by atoms with E-state index >= 15 is 0 Å². The Morgan fingerprint density at radius 2 is 1.68 bits per heavy atom. The molecule has 2 fully saturated rings. The molecule has 0 unspecified atom stereocenters. The summed E-state index contributed by atoms with van der Waals surface area (Å²) in [5, 5.41) is 0. The maximum Gasteiger partial charge on any atom is 0.246 e. The molecule has 0 spiro atoms. The van der Waals surface area contributed by atoms with Crippen LogP contribution < -0.4 is 14.2 Å². The minimum absolute atomic E-state index is 0.0328. The zero-order valence-corrected chi connectivity index (χ0v) is 18.3. The summed E-state index contributed by atoms with van der Waals surface area (Å²) in [6.45, 7) is 4.01. The minimum atomic E-state index is -0.0328. The molecule has 7 heteroatoms. The number of hydrogen-bond acceptors (Lipinski definition) is 5. The van der Waals surface area contributed by atoms with Gasteiger partial charge in [-0.05, 0) is 49.5 Å². The second-order valence-corrected chi connectivity index (χ2v) is 8.42. The molecule has 0 aliphatic carbocycles. The third-order valence-electron chi connectivity index (χ3n) is 6.34. The summed E-state index contributed by atoms with van der Waals surface area (Å²) in [4.78, 5) is 29.4. The van der Waals surface area contributed by atoms with E-state index in [1.54, 1.807) is 19.3 Å². The van der Waals surface area contributed by atoms with Crippen molar-refractivity contribution in [1.82, 2.24) is 9.80 Å². The summed E-state index contributed by atoms with van der Waals surface area (Å²) in [5.41, 5.74) is 0.820. The van der Waals surface area contributed by atoms with Crippen LogP contribution in [0, 0.1) is 5.92 Å². The van der Waals surface area contributed by atoms with Gasteiger partial charge < -0.3 is 24.0 Å². The van der Waals surface area contributed by atoms with E-state index in [-0.39, 0.29) is 17.7 Å². The van der Waals surface area contributed by atoms with Crippen LogP contribution in [0.3, 0.4) is 0 Å². The van der Waals surface area contributed by atoms with Gasteiger partial charge in [-0.1, -0.05) is 12.8 Å². The Morgan fingerprint density at radius 1 is 0.968 bits per heavy atom. The zero-order valence-electron chi connectivity index (χ0n) is 18.3. The van der Waals surface area contributed by atoms with Gasteiger partial charge in [0.1, 0.15) is 13.2 Å². The standard InChI is InChI=1S/C24H32N2O5/c1-29-20-16-18(17-21-23(20)31-15-14-30-21)6-7-22(27)25-12-8-19(9-13-25)24(28)26-10-4-2-3-5-11-26/h6-7,16-17,19H,2-5,8-15H2,1H3. The fourth-order valence-corrected chi connectivity index (χ4v) is 4.56. The number of methoxy groups -OCH3 is 1. The number of carbonyl (C=O) groups excluding carboxylic acids is 2. The lowest BCUT2D eigenvalue weighted by atomic mass is 9.95. The molecular formula is C24H32N2O5. The number of likely N-dealkylation sites (tertiary alicyclic amines) is 2. The number of nitrogens with zero attached hydrogens (tertiary/aromatic N) is 2. The lowest BCUT2D eigenvalue weighted by Gasteiger charge is -2.33. The predicted octanol–water partition coefficient (Wildman–Crippen LogP) is 3.12. The second-order valence-electron chi connectivity index (χ2n) is 8.42. The van der Waals surface area contributed by atoms with Gasteiger partial charge in [-0.25, -0.2) is 0 Å². The SMILES string of the molecule is COc1cc(C=CC(=O)N2CCC(C(=O)N3CCCCCC3)CC2)cc2c1OCCO2. The third-order valence-corrected chi connectivity index (χ3v) is 6.34. The molecule has 3 aliphatic heterocycles. The van der Waals surface area contributed by atoms with E-state index in [0.29, 0.717) is 43.6 Å². The number of carbonyl (C=O) groups is 2. The molecule has 1 aromatic carbocycles. The maximum atomic E-state index is 12.8. The molecule has 7 nitrogen and oxygen atoms in total. The summed E-state index contributed by atoms with van der Waals surface area (Å²) >= 11 is 0. The summed E-state index contributed by atoms with van der Waals surface area (Å²) in [6, 6.07) is 3.69. The summed E-state index contributed by atoms with van der Waals surface area (Å²) in [7, 11) is 1.59. The van der Waals surface area contributed by atoms with Crippen LogP contribution in [0.2, 0.25) is 0 Å². The largest absolute Gasteiger partial charge is 0.493 e. The summed E-state index contributed by atoms with van der Waals surface area (Å²) < 4.78 is 16.7. The Hall–Kier alpha value is -2.70. The van der Waals surface area contributed by atoms with Crippen molar-refractivity contribution in [2.45, 2.75) is 38.5 Å². The molecule has 168 valence electrons. The van der Waals surface area contributed by atoms with E-state index in [1.807, 2.05) is 21.9 Å². The number of piperidine rings is 1. The van der Waals surface area contributed by atoms with Crippen LogP contribution in [-0.2, 0) is 9.59 Å². The molecule has 3 heterocycles. The Kier molecular flexibility index (Phi) is 6.99. The molecular weight excluding hydrogens is 396 g/mol. The number of ether oxygens (including phenoxy) is 3. The Labute approximate surface area is 183 Å². The summed E-state index contributed by atoms with van der Waals surface area (Å²) in [5.74, 6) is 2.13. The van der Waals surface area contributed by atoms with Crippen molar-refractivity contribution >= 4 is 17.9 Å². The van der Waals surface area contributed by atoms with Crippen LogP contribution in [0.15, 0.2) is 18.2 Å². The van der Waals surface area contributed by atoms with E-state index in [9.17, 15) is 9.59 Å². The van der Waals surface area contributed by atoms with Gasteiger partial charge in [0.15, 0.2) is 11.5 Å². The molecule has 2 amide bonds.